The third kappa shape index (κ3) is 9.67. The highest BCUT2D eigenvalue weighted by molar-refractivity contribution is 6.31. The van der Waals surface area contributed by atoms with Gasteiger partial charge in [0, 0.05) is 46.8 Å². The number of carboxylic acid groups (broad SMARTS) is 1. The number of allylic oxidation sites excluding steroid dienone is 4. The molecule has 1 aliphatic carbocycles. The number of amides is 2. The Morgan fingerprint density at radius 2 is 1.96 bits per heavy atom. The van der Waals surface area contributed by atoms with Gasteiger partial charge in [0.2, 0.25) is 12.3 Å². The second-order valence-corrected chi connectivity index (χ2v) is 12.8. The van der Waals surface area contributed by atoms with Gasteiger partial charge in [0.1, 0.15) is 11.6 Å². The maximum Gasteiger partial charge on any atom is 0.335 e. The topological polar surface area (TPSA) is 99.2 Å². The van der Waals surface area contributed by atoms with Crippen molar-refractivity contribution in [1.29, 1.82) is 0 Å². The van der Waals surface area contributed by atoms with Crippen molar-refractivity contribution in [3.8, 4) is 5.75 Å². The number of aromatic carboxylic acids is 1. The van der Waals surface area contributed by atoms with Crippen LogP contribution in [0, 0.1) is 17.8 Å². The van der Waals surface area contributed by atoms with Crippen LogP contribution in [0.4, 0.5) is 15.8 Å². The molecule has 0 aromatic heterocycles. The van der Waals surface area contributed by atoms with E-state index < -0.39 is 23.3 Å². The molecule has 2 fully saturated rings. The van der Waals surface area contributed by atoms with Gasteiger partial charge in [-0.05, 0) is 87.6 Å². The SMILES string of the molecule is C=C(Cl)/C=C\C=C(/F)C1[C@H](C(=O)N(CCC)c2ccc(C(=O)O)cc2OC)CN(CC2CC2)C1(C)C.O=CNc1cccc(Cl)c1. The summed E-state index contributed by atoms with van der Waals surface area (Å²) in [4.78, 5) is 39.4. The number of methoxy groups -OCH3 is 1. The van der Waals surface area contributed by atoms with Crippen molar-refractivity contribution < 1.29 is 28.6 Å². The van der Waals surface area contributed by atoms with E-state index in [9.17, 15) is 19.5 Å². The quantitative estimate of drug-likeness (QED) is 0.165. The molecule has 4 rings (SSSR count). The van der Waals surface area contributed by atoms with Crippen LogP contribution in [0.15, 0.2) is 78.1 Å². The molecule has 0 bridgehead atoms. The van der Waals surface area contributed by atoms with Crippen molar-refractivity contribution in [2.45, 2.75) is 45.6 Å². The Hall–Kier alpha value is -3.66. The molecule has 2 amide bonds. The summed E-state index contributed by atoms with van der Waals surface area (Å²) in [6.07, 6.45) is 8.00. The van der Waals surface area contributed by atoms with Gasteiger partial charge < -0.3 is 20.1 Å². The molecule has 2 aromatic rings. The molecule has 2 N–H and O–H groups in total. The fraction of sp³-hybridized carbons (Fsp3) is 0.400. The maximum atomic E-state index is 15.8. The molecule has 0 spiro atoms. The molecular formula is C35H42Cl2FN3O5. The molecule has 1 unspecified atom stereocenters. The number of rotatable bonds is 13. The van der Waals surface area contributed by atoms with Crippen LogP contribution in [-0.4, -0.2) is 60.6 Å². The number of carbonyl (C=O) groups excluding carboxylic acids is 2. The lowest BCUT2D eigenvalue weighted by Gasteiger charge is -2.36. The van der Waals surface area contributed by atoms with Crippen LogP contribution in [0.5, 0.6) is 5.75 Å². The predicted octanol–water partition coefficient (Wildman–Crippen LogP) is 7.94. The van der Waals surface area contributed by atoms with E-state index >= 15 is 4.39 Å². The number of hydrogen-bond donors (Lipinski definition) is 2. The number of hydrogen-bond acceptors (Lipinski definition) is 5. The van der Waals surface area contributed by atoms with Gasteiger partial charge >= 0.3 is 5.97 Å². The average molecular weight is 675 g/mol. The van der Waals surface area contributed by atoms with Crippen molar-refractivity contribution >= 4 is 52.9 Å². The molecule has 1 saturated carbocycles. The zero-order chi connectivity index (χ0) is 34.0. The minimum absolute atomic E-state index is 0.0663. The second kappa shape index (κ2) is 16.8. The molecule has 1 aliphatic heterocycles. The van der Waals surface area contributed by atoms with Crippen LogP contribution in [0.25, 0.3) is 0 Å². The number of carbonyl (C=O) groups is 3. The molecular weight excluding hydrogens is 632 g/mol. The number of carboxylic acids is 1. The Kier molecular flexibility index (Phi) is 13.4. The summed E-state index contributed by atoms with van der Waals surface area (Å²) in [5.74, 6) is -2.08. The summed E-state index contributed by atoms with van der Waals surface area (Å²) in [5, 5.41) is 12.8. The zero-order valence-electron chi connectivity index (χ0n) is 26.6. The summed E-state index contributed by atoms with van der Waals surface area (Å²) in [6.45, 7) is 11.2. The van der Waals surface area contributed by atoms with E-state index in [1.165, 1.54) is 37.5 Å². The van der Waals surface area contributed by atoms with Gasteiger partial charge in [0.15, 0.2) is 0 Å². The third-order valence-electron chi connectivity index (χ3n) is 8.20. The fourth-order valence-electron chi connectivity index (χ4n) is 5.74. The average Bonchev–Trinajstić information content (AvgIpc) is 3.78. The summed E-state index contributed by atoms with van der Waals surface area (Å²) >= 11 is 11.4. The smallest absolute Gasteiger partial charge is 0.335 e. The van der Waals surface area contributed by atoms with Gasteiger partial charge in [-0.25, -0.2) is 9.18 Å². The molecule has 248 valence electrons. The Balaban J connectivity index is 0.000000489. The lowest BCUT2D eigenvalue weighted by molar-refractivity contribution is -0.123. The number of halogens is 3. The van der Waals surface area contributed by atoms with Crippen molar-refractivity contribution in [3.05, 3.63) is 88.7 Å². The number of nitrogens with zero attached hydrogens (tertiary/aromatic N) is 2. The summed E-state index contributed by atoms with van der Waals surface area (Å²) in [6, 6.07) is 11.4. The van der Waals surface area contributed by atoms with E-state index in [1.54, 1.807) is 35.2 Å². The minimum Gasteiger partial charge on any atom is -0.495 e. The van der Waals surface area contributed by atoms with Gasteiger partial charge in [0.25, 0.3) is 0 Å². The predicted molar refractivity (Wildman–Crippen MR) is 182 cm³/mol. The van der Waals surface area contributed by atoms with Crippen LogP contribution in [0.2, 0.25) is 5.02 Å². The first-order valence-corrected chi connectivity index (χ1v) is 15.9. The van der Waals surface area contributed by atoms with Crippen LogP contribution < -0.4 is 15.0 Å². The van der Waals surface area contributed by atoms with Gasteiger partial charge in [0.05, 0.1) is 24.3 Å². The van der Waals surface area contributed by atoms with Crippen molar-refractivity contribution in [3.63, 3.8) is 0 Å². The Labute approximate surface area is 280 Å². The standard InChI is InChI=1S/C28H36ClFN2O4.C7H6ClNO/c1-6-14-32(23-13-12-20(27(34)35)15-24(23)36-5)26(33)21-17-31(16-19-10-11-19)28(3,4)25(21)22(30)9-7-8-18(2)29;8-6-2-1-3-7(4-6)9-5-10/h7-9,12-13,15,19,21,25H,2,6,10-11,14,16-17H2,1,3-5H3,(H,34,35);1-5H,(H,9,10)/b8-7-,22-9-;/t21-,25?;/m1./s1. The lowest BCUT2D eigenvalue weighted by atomic mass is 9.80. The number of benzene rings is 2. The largest absolute Gasteiger partial charge is 0.495 e. The highest BCUT2D eigenvalue weighted by Gasteiger charge is 2.54. The van der Waals surface area contributed by atoms with Gasteiger partial charge in [-0.1, -0.05) is 48.8 Å². The molecule has 8 nitrogen and oxygen atoms in total. The molecule has 46 heavy (non-hydrogen) atoms. The van der Waals surface area contributed by atoms with Crippen molar-refractivity contribution in [2.24, 2.45) is 17.8 Å². The Morgan fingerprint density at radius 1 is 1.24 bits per heavy atom. The van der Waals surface area contributed by atoms with Crippen LogP contribution in [-0.2, 0) is 9.59 Å². The van der Waals surface area contributed by atoms with E-state index in [2.05, 4.69) is 16.8 Å². The van der Waals surface area contributed by atoms with Gasteiger partial charge in [-0.3, -0.25) is 14.5 Å². The van der Waals surface area contributed by atoms with Crippen LogP contribution >= 0.6 is 23.2 Å². The first kappa shape index (κ1) is 36.8. The van der Waals surface area contributed by atoms with E-state index in [0.717, 1.165) is 19.4 Å². The van der Waals surface area contributed by atoms with Crippen molar-refractivity contribution in [2.75, 3.05) is 37.0 Å². The molecule has 2 aromatic carbocycles. The molecule has 1 heterocycles. The first-order chi connectivity index (χ1) is 21.8. The molecule has 2 atom stereocenters. The first-order valence-electron chi connectivity index (χ1n) is 15.2. The summed E-state index contributed by atoms with van der Waals surface area (Å²) in [7, 11) is 1.44. The van der Waals surface area contributed by atoms with E-state index in [1.807, 2.05) is 20.8 Å². The van der Waals surface area contributed by atoms with Gasteiger partial charge in [-0.2, -0.15) is 0 Å². The van der Waals surface area contributed by atoms with Crippen LogP contribution in [0.1, 0.15) is 50.4 Å². The zero-order valence-corrected chi connectivity index (χ0v) is 28.2. The summed E-state index contributed by atoms with van der Waals surface area (Å²) in [5.41, 5.74) is 0.679. The number of anilines is 2. The van der Waals surface area contributed by atoms with Crippen LogP contribution in [0.3, 0.4) is 0 Å². The Bertz CT molecular complexity index is 1470. The number of likely N-dealkylation sites (tertiary alicyclic amines) is 1. The fourth-order valence-corrected chi connectivity index (χ4v) is 6.00. The summed E-state index contributed by atoms with van der Waals surface area (Å²) < 4.78 is 21.2. The van der Waals surface area contributed by atoms with E-state index in [0.29, 0.717) is 59.0 Å². The Morgan fingerprint density at radius 3 is 2.52 bits per heavy atom. The molecule has 1 saturated heterocycles. The molecule has 0 radical (unpaired) electrons. The minimum atomic E-state index is -1.08. The van der Waals surface area contributed by atoms with Crippen molar-refractivity contribution in [1.82, 2.24) is 4.90 Å². The van der Waals surface area contributed by atoms with E-state index in [4.69, 9.17) is 27.9 Å². The number of nitrogens with one attached hydrogen (secondary N) is 1. The second-order valence-electron chi connectivity index (χ2n) is 11.9. The number of ether oxygens (including phenoxy) is 1. The maximum absolute atomic E-state index is 15.8. The molecule has 11 heteroatoms. The lowest BCUT2D eigenvalue weighted by Crippen LogP contribution is -2.44. The van der Waals surface area contributed by atoms with E-state index in [-0.39, 0.29) is 17.3 Å². The highest BCUT2D eigenvalue weighted by Crippen LogP contribution is 2.47. The molecule has 2 aliphatic rings. The monoisotopic (exact) mass is 673 g/mol. The highest BCUT2D eigenvalue weighted by atomic mass is 35.5. The normalized spacial score (nSPS) is 19.2. The third-order valence-corrected chi connectivity index (χ3v) is 8.56. The van der Waals surface area contributed by atoms with Gasteiger partial charge in [-0.15, -0.1) is 0 Å².